The molecule has 0 amide bonds. The van der Waals surface area contributed by atoms with E-state index < -0.39 is 17.1 Å². The van der Waals surface area contributed by atoms with Crippen LogP contribution < -0.4 is 11.2 Å². The first-order chi connectivity index (χ1) is 13.1. The molecule has 0 aliphatic carbocycles. The summed E-state index contributed by atoms with van der Waals surface area (Å²) in [6.07, 6.45) is 5.94. The van der Waals surface area contributed by atoms with E-state index in [0.717, 1.165) is 36.2 Å². The van der Waals surface area contributed by atoms with E-state index in [2.05, 4.69) is 14.9 Å². The molecule has 1 aliphatic rings. The highest BCUT2D eigenvalue weighted by Gasteiger charge is 2.14. The zero-order valence-corrected chi connectivity index (χ0v) is 15.6. The lowest BCUT2D eigenvalue weighted by Crippen LogP contribution is -2.32. The molecule has 1 saturated heterocycles. The maximum Gasteiger partial charge on any atom is 0.335 e. The number of rotatable bonds is 6. The van der Waals surface area contributed by atoms with E-state index >= 15 is 0 Å². The molecule has 0 saturated carbocycles. The number of benzene rings is 1. The van der Waals surface area contributed by atoms with Crippen molar-refractivity contribution in [3.05, 3.63) is 56.2 Å². The first-order valence-corrected chi connectivity index (χ1v) is 9.50. The van der Waals surface area contributed by atoms with Crippen LogP contribution in [0.2, 0.25) is 0 Å². The summed E-state index contributed by atoms with van der Waals surface area (Å²) in [5.41, 5.74) is 0.296. The number of aliphatic imine (C=N–C) groups is 1. The Morgan fingerprint density at radius 1 is 1.15 bits per heavy atom. The summed E-state index contributed by atoms with van der Waals surface area (Å²) in [5.74, 6) is -0.394. The number of nitrogens with zero attached hydrogens (tertiary/aromatic N) is 3. The van der Waals surface area contributed by atoms with E-state index in [9.17, 15) is 14.7 Å². The molecule has 1 fully saturated rings. The molecule has 7 nitrogen and oxygen atoms in total. The second-order valence-electron chi connectivity index (χ2n) is 6.79. The lowest BCUT2D eigenvalue weighted by molar-refractivity contribution is 0.235. The van der Waals surface area contributed by atoms with Crippen molar-refractivity contribution in [1.29, 1.82) is 0 Å². The first-order valence-electron chi connectivity index (χ1n) is 9.50. The standard InChI is InChI=1S/C20H26N4O3/c1-2-15-6-8-16(9-7-15)24-19(26)17(18(25)22-20(24)27)14-21-10-13-23-11-4-3-5-12-23/h6-9,14,26H,2-5,10-13H2,1H3,(H,22,25,27). The fourth-order valence-electron chi connectivity index (χ4n) is 3.31. The number of likely N-dealkylation sites (tertiary alicyclic amines) is 1. The molecule has 0 bridgehead atoms. The van der Waals surface area contributed by atoms with Crippen molar-refractivity contribution in [2.45, 2.75) is 32.6 Å². The lowest BCUT2D eigenvalue weighted by atomic mass is 10.1. The number of aromatic hydroxyl groups is 1. The molecule has 2 N–H and O–H groups in total. The van der Waals surface area contributed by atoms with Gasteiger partial charge in [-0.15, -0.1) is 0 Å². The molecule has 0 atom stereocenters. The molecule has 27 heavy (non-hydrogen) atoms. The second kappa shape index (κ2) is 8.81. The zero-order chi connectivity index (χ0) is 19.2. The van der Waals surface area contributed by atoms with Gasteiger partial charge in [0, 0.05) is 12.8 Å². The SMILES string of the molecule is CCc1ccc(-n2c(O)c(C=NCCN3CCCCC3)c(=O)[nH]c2=O)cc1. The van der Waals surface area contributed by atoms with Crippen LogP contribution in [0.1, 0.15) is 37.3 Å². The molecular formula is C20H26N4O3. The molecule has 2 aromatic rings. The van der Waals surface area contributed by atoms with E-state index in [1.54, 1.807) is 12.1 Å². The van der Waals surface area contributed by atoms with Crippen LogP contribution in [-0.2, 0) is 6.42 Å². The summed E-state index contributed by atoms with van der Waals surface area (Å²) >= 11 is 0. The molecule has 2 heterocycles. The van der Waals surface area contributed by atoms with Crippen molar-refractivity contribution < 1.29 is 5.11 Å². The molecule has 3 rings (SSSR count). The van der Waals surface area contributed by atoms with Crippen molar-refractivity contribution in [3.63, 3.8) is 0 Å². The van der Waals surface area contributed by atoms with Gasteiger partial charge in [0.25, 0.3) is 5.56 Å². The highest BCUT2D eigenvalue weighted by atomic mass is 16.3. The molecular weight excluding hydrogens is 344 g/mol. The predicted molar refractivity (Wildman–Crippen MR) is 106 cm³/mol. The number of hydrogen-bond donors (Lipinski definition) is 2. The average Bonchev–Trinajstić information content (AvgIpc) is 2.68. The number of aryl methyl sites for hydroxylation is 1. The van der Waals surface area contributed by atoms with Gasteiger partial charge in [-0.2, -0.15) is 0 Å². The number of aromatic amines is 1. The van der Waals surface area contributed by atoms with Crippen LogP contribution >= 0.6 is 0 Å². The van der Waals surface area contributed by atoms with Gasteiger partial charge < -0.3 is 10.0 Å². The number of hydrogen-bond acceptors (Lipinski definition) is 5. The van der Waals surface area contributed by atoms with Gasteiger partial charge in [-0.05, 0) is 50.0 Å². The van der Waals surface area contributed by atoms with E-state index in [1.807, 2.05) is 19.1 Å². The third-order valence-electron chi connectivity index (χ3n) is 4.94. The summed E-state index contributed by atoms with van der Waals surface area (Å²) in [4.78, 5) is 33.2. The number of H-pyrrole nitrogens is 1. The maximum absolute atomic E-state index is 12.2. The Hall–Kier alpha value is -2.67. The van der Waals surface area contributed by atoms with Crippen LogP contribution in [0.5, 0.6) is 5.88 Å². The molecule has 0 radical (unpaired) electrons. The highest BCUT2D eigenvalue weighted by Crippen LogP contribution is 2.16. The van der Waals surface area contributed by atoms with Crippen LogP contribution in [0.15, 0.2) is 38.8 Å². The smallest absolute Gasteiger partial charge is 0.335 e. The summed E-state index contributed by atoms with van der Waals surface area (Å²) in [5, 5.41) is 10.5. The number of piperidine rings is 1. The normalized spacial score (nSPS) is 15.4. The third kappa shape index (κ3) is 4.54. The van der Waals surface area contributed by atoms with E-state index in [0.29, 0.717) is 12.2 Å². The summed E-state index contributed by atoms with van der Waals surface area (Å²) in [6.45, 7) is 5.58. The second-order valence-corrected chi connectivity index (χ2v) is 6.79. The number of nitrogens with one attached hydrogen (secondary N) is 1. The Balaban J connectivity index is 1.81. The minimum atomic E-state index is -0.674. The van der Waals surface area contributed by atoms with Gasteiger partial charge in [0.05, 0.1) is 12.2 Å². The van der Waals surface area contributed by atoms with Crippen LogP contribution in [0.25, 0.3) is 5.69 Å². The summed E-state index contributed by atoms with van der Waals surface area (Å²) in [7, 11) is 0. The van der Waals surface area contributed by atoms with E-state index in [4.69, 9.17) is 0 Å². The molecule has 0 spiro atoms. The highest BCUT2D eigenvalue weighted by molar-refractivity contribution is 5.82. The third-order valence-corrected chi connectivity index (χ3v) is 4.94. The summed E-state index contributed by atoms with van der Waals surface area (Å²) in [6, 6.07) is 7.27. The number of aromatic nitrogens is 2. The lowest BCUT2D eigenvalue weighted by Gasteiger charge is -2.25. The molecule has 1 aliphatic heterocycles. The van der Waals surface area contributed by atoms with Gasteiger partial charge in [0.15, 0.2) is 0 Å². The van der Waals surface area contributed by atoms with Crippen molar-refractivity contribution in [2.75, 3.05) is 26.2 Å². The zero-order valence-electron chi connectivity index (χ0n) is 15.6. The van der Waals surface area contributed by atoms with Crippen LogP contribution in [0, 0.1) is 0 Å². The van der Waals surface area contributed by atoms with Gasteiger partial charge in [-0.3, -0.25) is 14.8 Å². The Kier molecular flexibility index (Phi) is 6.24. The van der Waals surface area contributed by atoms with E-state index in [-0.39, 0.29) is 5.56 Å². The molecule has 7 heteroatoms. The van der Waals surface area contributed by atoms with Gasteiger partial charge in [0.2, 0.25) is 5.88 Å². The largest absolute Gasteiger partial charge is 0.493 e. The Bertz CT molecular complexity index is 906. The molecule has 0 unspecified atom stereocenters. The average molecular weight is 370 g/mol. The Morgan fingerprint density at radius 3 is 2.52 bits per heavy atom. The van der Waals surface area contributed by atoms with Crippen molar-refractivity contribution in [1.82, 2.24) is 14.5 Å². The monoisotopic (exact) mass is 370 g/mol. The van der Waals surface area contributed by atoms with Crippen LogP contribution in [-0.4, -0.2) is 52.0 Å². The topological polar surface area (TPSA) is 90.7 Å². The quantitative estimate of drug-likeness (QED) is 0.757. The molecule has 1 aromatic carbocycles. The Labute approximate surface area is 158 Å². The first kappa shape index (κ1) is 19.1. The summed E-state index contributed by atoms with van der Waals surface area (Å²) < 4.78 is 1.09. The van der Waals surface area contributed by atoms with Crippen LogP contribution in [0.4, 0.5) is 0 Å². The minimum absolute atomic E-state index is 0.00666. The maximum atomic E-state index is 12.2. The van der Waals surface area contributed by atoms with Gasteiger partial charge in [0.1, 0.15) is 5.56 Å². The van der Waals surface area contributed by atoms with Crippen molar-refractivity contribution in [3.8, 4) is 11.6 Å². The van der Waals surface area contributed by atoms with Gasteiger partial charge in [-0.1, -0.05) is 25.5 Å². The van der Waals surface area contributed by atoms with Gasteiger partial charge >= 0.3 is 5.69 Å². The molecule has 1 aromatic heterocycles. The van der Waals surface area contributed by atoms with Crippen molar-refractivity contribution in [2.24, 2.45) is 4.99 Å². The van der Waals surface area contributed by atoms with Crippen LogP contribution in [0.3, 0.4) is 0 Å². The minimum Gasteiger partial charge on any atom is -0.493 e. The fraction of sp³-hybridized carbons (Fsp3) is 0.450. The van der Waals surface area contributed by atoms with Crippen molar-refractivity contribution >= 4 is 6.21 Å². The molecule has 144 valence electrons. The van der Waals surface area contributed by atoms with Gasteiger partial charge in [-0.25, -0.2) is 9.36 Å². The predicted octanol–water partition coefficient (Wildman–Crippen LogP) is 1.70. The fourth-order valence-corrected chi connectivity index (χ4v) is 3.31. The Morgan fingerprint density at radius 2 is 1.85 bits per heavy atom. The van der Waals surface area contributed by atoms with E-state index in [1.165, 1.54) is 25.5 Å².